The van der Waals surface area contributed by atoms with Gasteiger partial charge in [0.2, 0.25) is 0 Å². The minimum atomic E-state index is -0.293. The molecule has 2 heterocycles. The third-order valence-electron chi connectivity index (χ3n) is 5.30. The molecule has 5 heteroatoms. The molecule has 1 saturated carbocycles. The van der Waals surface area contributed by atoms with Gasteiger partial charge in [0.05, 0.1) is 17.2 Å². The van der Waals surface area contributed by atoms with E-state index in [1.54, 1.807) is 11.3 Å². The lowest BCUT2D eigenvalue weighted by molar-refractivity contribution is 0.0527. The quantitative estimate of drug-likeness (QED) is 0.840. The van der Waals surface area contributed by atoms with E-state index in [-0.39, 0.29) is 5.97 Å². The Morgan fingerprint density at radius 3 is 2.74 bits per heavy atom. The Bertz CT molecular complexity index is 637. The molecule has 0 spiro atoms. The first-order chi connectivity index (χ1) is 10.7. The number of esters is 1. The topological polar surface area (TPSA) is 55.6 Å². The highest BCUT2D eigenvalue weighted by molar-refractivity contribution is 7.20. The first kappa shape index (κ1) is 16.6. The van der Waals surface area contributed by atoms with Crippen molar-refractivity contribution in [2.75, 3.05) is 23.8 Å². The lowest BCUT2D eigenvalue weighted by atomic mass is 9.65. The average molecular weight is 337 g/mol. The van der Waals surface area contributed by atoms with Crippen molar-refractivity contribution in [3.63, 3.8) is 0 Å². The van der Waals surface area contributed by atoms with Crippen molar-refractivity contribution in [1.29, 1.82) is 0 Å². The van der Waals surface area contributed by atoms with Gasteiger partial charge >= 0.3 is 5.97 Å². The van der Waals surface area contributed by atoms with E-state index in [4.69, 9.17) is 10.5 Å². The zero-order chi connectivity index (χ0) is 17.0. The lowest BCUT2D eigenvalue weighted by Gasteiger charge is -2.39. The lowest BCUT2D eigenvalue weighted by Crippen LogP contribution is -2.34. The van der Waals surface area contributed by atoms with Crippen LogP contribution in [0.1, 0.15) is 62.9 Å². The van der Waals surface area contributed by atoms with E-state index >= 15 is 0 Å². The van der Waals surface area contributed by atoms with Gasteiger partial charge in [-0.2, -0.15) is 0 Å². The van der Waals surface area contributed by atoms with Crippen molar-refractivity contribution in [3.8, 4) is 0 Å². The summed E-state index contributed by atoms with van der Waals surface area (Å²) >= 11 is 1.54. The number of carbonyl (C=O) groups is 1. The minimum absolute atomic E-state index is 0.293. The standard InChI is InChI=1S/C18H28N2O2S/c1-6-22-16(21)13-11(2)15(23-14(13)19)20-10-18(5)8-12(20)7-17(3,4)9-18/h12H,6-10,19H2,1-5H3. The number of anilines is 2. The fourth-order valence-electron chi connectivity index (χ4n) is 4.95. The summed E-state index contributed by atoms with van der Waals surface area (Å²) in [6, 6.07) is 0.551. The molecular weight excluding hydrogens is 308 g/mol. The first-order valence-corrected chi connectivity index (χ1v) is 9.30. The molecule has 0 aromatic carbocycles. The van der Waals surface area contributed by atoms with Gasteiger partial charge in [-0.05, 0) is 43.9 Å². The summed E-state index contributed by atoms with van der Waals surface area (Å²) in [5, 5.41) is 1.75. The number of carbonyl (C=O) groups excluding carboxylic acids is 1. The summed E-state index contributed by atoms with van der Waals surface area (Å²) in [6.45, 7) is 12.4. The van der Waals surface area contributed by atoms with E-state index in [1.165, 1.54) is 19.3 Å². The number of hydrogen-bond acceptors (Lipinski definition) is 5. The molecule has 1 aliphatic heterocycles. The molecule has 2 bridgehead atoms. The van der Waals surface area contributed by atoms with Crippen LogP contribution in [0, 0.1) is 17.8 Å². The highest BCUT2D eigenvalue weighted by atomic mass is 32.1. The Morgan fingerprint density at radius 2 is 2.09 bits per heavy atom. The molecule has 2 unspecified atom stereocenters. The number of fused-ring (bicyclic) bond motifs is 2. The number of ether oxygens (including phenoxy) is 1. The Labute approximate surface area is 143 Å². The van der Waals surface area contributed by atoms with Crippen molar-refractivity contribution < 1.29 is 9.53 Å². The summed E-state index contributed by atoms with van der Waals surface area (Å²) in [5.41, 5.74) is 8.45. The molecule has 1 saturated heterocycles. The summed E-state index contributed by atoms with van der Waals surface area (Å²) < 4.78 is 5.17. The number of nitrogens with zero attached hydrogens (tertiary/aromatic N) is 1. The third kappa shape index (κ3) is 2.84. The smallest absolute Gasteiger partial charge is 0.341 e. The number of nitrogens with two attached hydrogens (primary N) is 1. The van der Waals surface area contributed by atoms with Gasteiger partial charge < -0.3 is 15.4 Å². The summed E-state index contributed by atoms with van der Waals surface area (Å²) in [5.74, 6) is -0.293. The van der Waals surface area contributed by atoms with E-state index in [2.05, 4.69) is 25.7 Å². The summed E-state index contributed by atoms with van der Waals surface area (Å²) in [7, 11) is 0. The first-order valence-electron chi connectivity index (χ1n) is 8.48. The van der Waals surface area contributed by atoms with E-state index in [1.807, 2.05) is 13.8 Å². The second-order valence-corrected chi connectivity index (χ2v) is 9.36. The van der Waals surface area contributed by atoms with Gasteiger partial charge in [-0.1, -0.05) is 20.8 Å². The van der Waals surface area contributed by atoms with Crippen molar-refractivity contribution in [1.82, 2.24) is 0 Å². The van der Waals surface area contributed by atoms with Crippen molar-refractivity contribution >= 4 is 27.3 Å². The fraction of sp³-hybridized carbons (Fsp3) is 0.722. The Kier molecular flexibility index (Phi) is 3.90. The molecular formula is C18H28N2O2S. The van der Waals surface area contributed by atoms with Gasteiger partial charge in [0, 0.05) is 18.2 Å². The monoisotopic (exact) mass is 336 g/mol. The second kappa shape index (κ2) is 5.40. The van der Waals surface area contributed by atoms with Gasteiger partial charge in [0.15, 0.2) is 0 Å². The van der Waals surface area contributed by atoms with Crippen LogP contribution in [0.4, 0.5) is 10.0 Å². The van der Waals surface area contributed by atoms with Crippen LogP contribution in [0.15, 0.2) is 0 Å². The fourth-order valence-corrected chi connectivity index (χ4v) is 6.08. The van der Waals surface area contributed by atoms with E-state index in [9.17, 15) is 4.79 Å². The third-order valence-corrected chi connectivity index (χ3v) is 6.46. The van der Waals surface area contributed by atoms with Gasteiger partial charge in [-0.3, -0.25) is 0 Å². The van der Waals surface area contributed by atoms with E-state index < -0.39 is 0 Å². The van der Waals surface area contributed by atoms with Gasteiger partial charge in [-0.15, -0.1) is 11.3 Å². The zero-order valence-electron chi connectivity index (χ0n) is 14.9. The van der Waals surface area contributed by atoms with E-state index in [0.29, 0.717) is 34.0 Å². The molecule has 1 aromatic heterocycles. The highest BCUT2D eigenvalue weighted by Gasteiger charge is 2.50. The Balaban J connectivity index is 1.95. The van der Waals surface area contributed by atoms with E-state index in [0.717, 1.165) is 17.1 Å². The van der Waals surface area contributed by atoms with Crippen molar-refractivity contribution in [2.45, 2.75) is 59.9 Å². The maximum Gasteiger partial charge on any atom is 0.341 e. The molecule has 4 nitrogen and oxygen atoms in total. The number of nitrogen functional groups attached to an aromatic ring is 1. The number of thiophene rings is 1. The Hall–Kier alpha value is -1.23. The molecule has 2 fully saturated rings. The van der Waals surface area contributed by atoms with Crippen LogP contribution in [-0.2, 0) is 4.74 Å². The van der Waals surface area contributed by atoms with Crippen LogP contribution < -0.4 is 10.6 Å². The summed E-state index contributed by atoms with van der Waals surface area (Å²) in [4.78, 5) is 14.7. The molecule has 23 heavy (non-hydrogen) atoms. The van der Waals surface area contributed by atoms with Crippen molar-refractivity contribution in [3.05, 3.63) is 11.1 Å². The van der Waals surface area contributed by atoms with Crippen LogP contribution in [0.5, 0.6) is 0 Å². The molecule has 2 atom stereocenters. The predicted octanol–water partition coefficient (Wildman–Crippen LogP) is 4.22. The highest BCUT2D eigenvalue weighted by Crippen LogP contribution is 2.55. The van der Waals surface area contributed by atoms with Crippen molar-refractivity contribution in [2.24, 2.45) is 10.8 Å². The maximum atomic E-state index is 12.2. The van der Waals surface area contributed by atoms with Gasteiger partial charge in [0.25, 0.3) is 0 Å². The predicted molar refractivity (Wildman–Crippen MR) is 96.3 cm³/mol. The largest absolute Gasteiger partial charge is 0.462 e. The van der Waals surface area contributed by atoms with Crippen LogP contribution in [0.25, 0.3) is 0 Å². The normalized spacial score (nSPS) is 28.9. The van der Waals surface area contributed by atoms with Crippen LogP contribution in [0.3, 0.4) is 0 Å². The Morgan fingerprint density at radius 1 is 1.39 bits per heavy atom. The SMILES string of the molecule is CCOC(=O)c1c(N)sc(N2CC3(C)CC2CC(C)(C)C3)c1C. The summed E-state index contributed by atoms with van der Waals surface area (Å²) in [6.07, 6.45) is 3.70. The van der Waals surface area contributed by atoms with Crippen LogP contribution in [0.2, 0.25) is 0 Å². The molecule has 0 radical (unpaired) electrons. The van der Waals surface area contributed by atoms with Gasteiger partial charge in [-0.25, -0.2) is 4.79 Å². The number of hydrogen-bond donors (Lipinski definition) is 1. The average Bonchev–Trinajstić information content (AvgIpc) is 2.82. The minimum Gasteiger partial charge on any atom is -0.462 e. The molecule has 1 aliphatic carbocycles. The van der Waals surface area contributed by atoms with Gasteiger partial charge in [0.1, 0.15) is 5.00 Å². The molecule has 2 N–H and O–H groups in total. The molecule has 3 rings (SSSR count). The maximum absolute atomic E-state index is 12.2. The molecule has 2 aliphatic rings. The van der Waals surface area contributed by atoms with Crippen LogP contribution in [-0.4, -0.2) is 25.2 Å². The second-order valence-electron chi connectivity index (χ2n) is 8.33. The molecule has 128 valence electrons. The zero-order valence-corrected chi connectivity index (χ0v) is 15.7. The molecule has 0 amide bonds. The number of rotatable bonds is 3. The van der Waals surface area contributed by atoms with Crippen LogP contribution >= 0.6 is 11.3 Å². The molecule has 1 aromatic rings.